The molecule has 11 heteroatoms. The molecule has 36 heavy (non-hydrogen) atoms. The van der Waals surface area contributed by atoms with E-state index in [-0.39, 0.29) is 5.91 Å². The van der Waals surface area contributed by atoms with E-state index in [2.05, 4.69) is 5.32 Å². The van der Waals surface area contributed by atoms with Crippen LogP contribution in [0.4, 0.5) is 0 Å². The van der Waals surface area contributed by atoms with Gasteiger partial charge in [-0.15, -0.1) is 11.3 Å². The molecule has 1 aromatic carbocycles. The molecule has 0 bridgehead atoms. The number of halogens is 1. The number of primary amides is 1. The molecule has 192 valence electrons. The fourth-order valence-electron chi connectivity index (χ4n) is 3.82. The van der Waals surface area contributed by atoms with E-state index < -0.39 is 17.9 Å². The van der Waals surface area contributed by atoms with Gasteiger partial charge in [0, 0.05) is 29.6 Å². The number of unbranched alkanes of at least 4 members (excludes halogenated alkanes) is 1. The predicted molar refractivity (Wildman–Crippen MR) is 138 cm³/mol. The van der Waals surface area contributed by atoms with Crippen molar-refractivity contribution in [3.8, 4) is 17.1 Å². The summed E-state index contributed by atoms with van der Waals surface area (Å²) >= 11 is 7.37. The number of hydrogen-bond acceptors (Lipinski definition) is 7. The van der Waals surface area contributed by atoms with Gasteiger partial charge in [0.15, 0.2) is 0 Å². The maximum atomic E-state index is 12.0. The van der Waals surface area contributed by atoms with Crippen LogP contribution in [0.5, 0.6) is 5.75 Å². The average molecular weight is 533 g/mol. The van der Waals surface area contributed by atoms with Crippen LogP contribution >= 0.6 is 22.9 Å². The third-order valence-electron chi connectivity index (χ3n) is 5.61. The van der Waals surface area contributed by atoms with Crippen LogP contribution in [0.2, 0.25) is 5.02 Å². The molecule has 3 aromatic rings. The molecule has 0 spiro atoms. The fraction of sp³-hybridized carbons (Fsp3) is 0.360. The van der Waals surface area contributed by atoms with Crippen molar-refractivity contribution in [3.05, 3.63) is 57.0 Å². The molecule has 0 aliphatic rings. The molecule has 9 nitrogen and oxygen atoms in total. The maximum Gasteiger partial charge on any atom is 0.328 e. The number of nitrogens with two attached hydrogens (primary N) is 1. The summed E-state index contributed by atoms with van der Waals surface area (Å²) in [5.74, 6) is -0.587. The van der Waals surface area contributed by atoms with Crippen LogP contribution < -0.4 is 15.8 Å². The number of nitrogens with one attached hydrogen (secondary N) is 1. The highest BCUT2D eigenvalue weighted by Gasteiger charge is 2.21. The Morgan fingerprint density at radius 2 is 1.94 bits per heavy atom. The smallest absolute Gasteiger partial charge is 0.328 e. The summed E-state index contributed by atoms with van der Waals surface area (Å²) in [5, 5.41) is 5.95. The Balaban J connectivity index is 1.71. The minimum atomic E-state index is -0.694. The average Bonchev–Trinajstić information content (AvgIpc) is 3.44. The second-order valence-corrected chi connectivity index (χ2v) is 9.56. The van der Waals surface area contributed by atoms with E-state index in [1.807, 2.05) is 16.9 Å². The molecule has 0 aliphatic heterocycles. The van der Waals surface area contributed by atoms with Gasteiger partial charge in [-0.2, -0.15) is 0 Å². The van der Waals surface area contributed by atoms with Gasteiger partial charge in [-0.25, -0.2) is 9.78 Å². The first-order valence-corrected chi connectivity index (χ1v) is 12.6. The number of carbonyl (C=O) groups excluding carboxylic acids is 3. The monoisotopic (exact) mass is 532 g/mol. The lowest BCUT2D eigenvalue weighted by Gasteiger charge is -2.16. The topological polar surface area (TPSA) is 126 Å². The molecule has 3 rings (SSSR count). The van der Waals surface area contributed by atoms with Crippen LogP contribution in [0, 0.1) is 6.92 Å². The molecule has 3 N–H and O–H groups in total. The van der Waals surface area contributed by atoms with Gasteiger partial charge in [0.25, 0.3) is 5.91 Å². The zero-order valence-electron chi connectivity index (χ0n) is 20.4. The van der Waals surface area contributed by atoms with Crippen molar-refractivity contribution in [3.63, 3.8) is 0 Å². The fourth-order valence-corrected chi connectivity index (χ4v) is 4.65. The molecule has 0 fully saturated rings. The Kier molecular flexibility index (Phi) is 9.49. The molecule has 2 amide bonds. The number of nitrogens with zero attached hydrogens (tertiary/aromatic N) is 2. The van der Waals surface area contributed by atoms with Gasteiger partial charge in [-0.05, 0) is 56.5 Å². The SMILES string of the molecule is COC(=O)C(CCCCn1c(-c2csc(COc3ccc(Cl)cc3)n2)cc(C(N)=O)c1C)NC(C)=O. The highest BCUT2D eigenvalue weighted by Crippen LogP contribution is 2.28. The largest absolute Gasteiger partial charge is 0.486 e. The standard InChI is InChI=1S/C25H29ClN4O5S/c1-15-19(24(27)32)12-22(30(15)11-5-4-6-20(25(33)34-3)28-16(2)31)21-14-36-23(29-21)13-35-18-9-7-17(26)8-10-18/h7-10,12,14,20H,4-6,11,13H2,1-3H3,(H2,27,32)(H,28,31). The number of methoxy groups -OCH3 is 1. The van der Waals surface area contributed by atoms with E-state index in [0.717, 1.165) is 22.1 Å². The van der Waals surface area contributed by atoms with Crippen molar-refractivity contribution in [2.24, 2.45) is 5.73 Å². The summed E-state index contributed by atoms with van der Waals surface area (Å²) in [6.45, 7) is 4.08. The Bertz CT molecular complexity index is 1220. The Labute approximate surface area is 218 Å². The van der Waals surface area contributed by atoms with Crippen molar-refractivity contribution in [2.75, 3.05) is 7.11 Å². The van der Waals surface area contributed by atoms with E-state index in [0.29, 0.717) is 48.7 Å². The Morgan fingerprint density at radius 3 is 2.58 bits per heavy atom. The van der Waals surface area contributed by atoms with Gasteiger partial charge in [0.2, 0.25) is 5.91 Å². The molecule has 0 saturated carbocycles. The van der Waals surface area contributed by atoms with Crippen molar-refractivity contribution in [1.82, 2.24) is 14.9 Å². The quantitative estimate of drug-likeness (QED) is 0.267. The van der Waals surface area contributed by atoms with Crippen LogP contribution in [-0.4, -0.2) is 40.5 Å². The Hall–Kier alpha value is -3.37. The van der Waals surface area contributed by atoms with Gasteiger partial charge >= 0.3 is 5.97 Å². The third kappa shape index (κ3) is 7.08. The first-order chi connectivity index (χ1) is 17.2. The minimum absolute atomic E-state index is 0.292. The predicted octanol–water partition coefficient (Wildman–Crippen LogP) is 4.10. The number of thiazole rings is 1. The summed E-state index contributed by atoms with van der Waals surface area (Å²) in [6, 6.07) is 8.16. The van der Waals surface area contributed by atoms with Crippen molar-refractivity contribution in [2.45, 2.75) is 52.3 Å². The lowest BCUT2D eigenvalue weighted by Crippen LogP contribution is -2.40. The number of aromatic nitrogens is 2. The number of rotatable bonds is 12. The molecule has 2 heterocycles. The number of hydrogen-bond donors (Lipinski definition) is 2. The molecule has 2 aromatic heterocycles. The number of ether oxygens (including phenoxy) is 2. The van der Waals surface area contributed by atoms with Crippen LogP contribution in [0.3, 0.4) is 0 Å². The normalized spacial score (nSPS) is 11.7. The van der Waals surface area contributed by atoms with Crippen molar-refractivity contribution < 1.29 is 23.9 Å². The van der Waals surface area contributed by atoms with E-state index in [9.17, 15) is 14.4 Å². The van der Waals surface area contributed by atoms with E-state index in [1.54, 1.807) is 30.3 Å². The first kappa shape index (κ1) is 27.2. The maximum absolute atomic E-state index is 12.0. The van der Waals surface area contributed by atoms with Crippen LogP contribution in [-0.2, 0) is 27.5 Å². The van der Waals surface area contributed by atoms with Crippen LogP contribution in [0.15, 0.2) is 35.7 Å². The lowest BCUT2D eigenvalue weighted by atomic mass is 10.1. The van der Waals surface area contributed by atoms with Crippen molar-refractivity contribution >= 4 is 40.7 Å². The second-order valence-electron chi connectivity index (χ2n) is 8.19. The molecule has 0 saturated heterocycles. The van der Waals surface area contributed by atoms with Gasteiger partial charge in [-0.1, -0.05) is 11.6 Å². The van der Waals surface area contributed by atoms with Crippen molar-refractivity contribution in [1.29, 1.82) is 0 Å². The third-order valence-corrected chi connectivity index (χ3v) is 6.68. The van der Waals surface area contributed by atoms with Crippen LogP contribution in [0.1, 0.15) is 47.2 Å². The summed E-state index contributed by atoms with van der Waals surface area (Å²) in [6.07, 6.45) is 1.79. The van der Waals surface area contributed by atoms with Gasteiger partial charge in [0.05, 0.1) is 24.1 Å². The molecule has 0 aliphatic carbocycles. The molecule has 1 unspecified atom stereocenters. The van der Waals surface area contributed by atoms with Gasteiger partial charge in [-0.3, -0.25) is 9.59 Å². The van der Waals surface area contributed by atoms with E-state index >= 15 is 0 Å². The number of benzene rings is 1. The zero-order valence-corrected chi connectivity index (χ0v) is 21.9. The second kappa shape index (κ2) is 12.5. The molecular weight excluding hydrogens is 504 g/mol. The summed E-state index contributed by atoms with van der Waals surface area (Å²) in [4.78, 5) is 40.0. The number of esters is 1. The molecule has 0 radical (unpaired) electrons. The summed E-state index contributed by atoms with van der Waals surface area (Å²) < 4.78 is 12.6. The summed E-state index contributed by atoms with van der Waals surface area (Å²) in [7, 11) is 1.29. The lowest BCUT2D eigenvalue weighted by molar-refractivity contribution is -0.145. The van der Waals surface area contributed by atoms with E-state index in [4.69, 9.17) is 31.8 Å². The number of amides is 2. The first-order valence-electron chi connectivity index (χ1n) is 11.4. The van der Waals surface area contributed by atoms with Crippen LogP contribution in [0.25, 0.3) is 11.4 Å². The zero-order chi connectivity index (χ0) is 26.2. The number of carbonyl (C=O) groups is 3. The highest BCUT2D eigenvalue weighted by atomic mass is 35.5. The Morgan fingerprint density at radius 1 is 1.22 bits per heavy atom. The van der Waals surface area contributed by atoms with Gasteiger partial charge < -0.3 is 25.1 Å². The minimum Gasteiger partial charge on any atom is -0.486 e. The van der Waals surface area contributed by atoms with E-state index in [1.165, 1.54) is 25.4 Å². The summed E-state index contributed by atoms with van der Waals surface area (Å²) in [5.41, 5.74) is 8.28. The molecular formula is C25H29ClN4O5S. The van der Waals surface area contributed by atoms with Gasteiger partial charge in [0.1, 0.15) is 23.4 Å². The molecule has 1 atom stereocenters. The highest BCUT2D eigenvalue weighted by molar-refractivity contribution is 7.09.